The van der Waals surface area contributed by atoms with Crippen molar-refractivity contribution in [2.75, 3.05) is 6.79 Å². The number of hydrogen-bond donors (Lipinski definition) is 1. The Morgan fingerprint density at radius 1 is 1.04 bits per heavy atom. The Morgan fingerprint density at radius 2 is 1.81 bits per heavy atom. The third kappa shape index (κ3) is 3.01. The number of hydrogen-bond acceptors (Lipinski definition) is 5. The van der Waals surface area contributed by atoms with E-state index in [0.717, 1.165) is 11.1 Å². The summed E-state index contributed by atoms with van der Waals surface area (Å²) in [7, 11) is 0. The van der Waals surface area contributed by atoms with Crippen molar-refractivity contribution in [3.63, 3.8) is 0 Å². The summed E-state index contributed by atoms with van der Waals surface area (Å²) in [5.41, 5.74) is 1.79. The van der Waals surface area contributed by atoms with Gasteiger partial charge in [0.2, 0.25) is 12.6 Å². The minimum atomic E-state index is -0.627. The molecule has 0 atom stereocenters. The summed E-state index contributed by atoms with van der Waals surface area (Å²) in [5, 5.41) is 6.96. The smallest absolute Gasteiger partial charge is 0.290 e. The lowest BCUT2D eigenvalue weighted by Gasteiger charge is -2.26. The fraction of sp³-hybridized carbons (Fsp3) is 0.200. The Bertz CT molecular complexity index is 947. The summed E-state index contributed by atoms with van der Waals surface area (Å²) < 4.78 is 16.0. The first kappa shape index (κ1) is 16.2. The number of rotatable bonds is 4. The predicted molar refractivity (Wildman–Crippen MR) is 95.0 cm³/mol. The van der Waals surface area contributed by atoms with Gasteiger partial charge in [-0.2, -0.15) is 0 Å². The van der Waals surface area contributed by atoms with Crippen LogP contribution in [0.4, 0.5) is 0 Å². The molecule has 0 bridgehead atoms. The van der Waals surface area contributed by atoms with E-state index in [0.29, 0.717) is 17.2 Å². The quantitative estimate of drug-likeness (QED) is 0.776. The molecule has 1 amide bonds. The highest BCUT2D eigenvalue weighted by atomic mass is 16.7. The zero-order valence-corrected chi connectivity index (χ0v) is 14.5. The summed E-state index contributed by atoms with van der Waals surface area (Å²) >= 11 is 0. The maximum Gasteiger partial charge on any atom is 0.290 e. The normalized spacial score (nSPS) is 12.8. The van der Waals surface area contributed by atoms with Gasteiger partial charge >= 0.3 is 0 Å². The lowest BCUT2D eigenvalue weighted by Crippen LogP contribution is -2.40. The number of nitrogens with one attached hydrogen (secondary N) is 1. The second kappa shape index (κ2) is 6.22. The Balaban J connectivity index is 1.53. The zero-order valence-electron chi connectivity index (χ0n) is 14.5. The summed E-state index contributed by atoms with van der Waals surface area (Å²) in [6.45, 7) is 4.04. The van der Waals surface area contributed by atoms with Crippen molar-refractivity contribution >= 4 is 5.91 Å². The number of nitrogens with zero attached hydrogens (tertiary/aromatic N) is 1. The van der Waals surface area contributed by atoms with Crippen molar-refractivity contribution in [1.29, 1.82) is 0 Å². The van der Waals surface area contributed by atoms with Crippen LogP contribution in [0.1, 0.15) is 30.0 Å². The van der Waals surface area contributed by atoms with E-state index in [1.54, 1.807) is 6.07 Å². The molecule has 0 aliphatic carbocycles. The molecule has 2 heterocycles. The predicted octanol–water partition coefficient (Wildman–Crippen LogP) is 3.74. The standard InChI is InChI=1S/C20H18N2O4/c1-20(2,14-8-9-16-17(10-14)25-12-24-16)21-19(23)18-11-15(22-26-18)13-6-4-3-5-7-13/h3-11H,12H2,1-2H3,(H,21,23). The minimum Gasteiger partial charge on any atom is -0.454 e. The lowest BCUT2D eigenvalue weighted by molar-refractivity contribution is 0.0874. The van der Waals surface area contributed by atoms with Crippen molar-refractivity contribution in [1.82, 2.24) is 10.5 Å². The SMILES string of the molecule is CC(C)(NC(=O)c1cc(-c2ccccc2)no1)c1ccc2c(c1)OCO2. The van der Waals surface area contributed by atoms with Crippen molar-refractivity contribution in [3.8, 4) is 22.8 Å². The van der Waals surface area contributed by atoms with Crippen LogP contribution in [0.2, 0.25) is 0 Å². The van der Waals surface area contributed by atoms with E-state index in [-0.39, 0.29) is 18.5 Å². The fourth-order valence-corrected chi connectivity index (χ4v) is 2.83. The van der Waals surface area contributed by atoms with Crippen molar-refractivity contribution in [2.24, 2.45) is 0 Å². The number of ether oxygens (including phenoxy) is 2. The van der Waals surface area contributed by atoms with Crippen LogP contribution in [0.3, 0.4) is 0 Å². The molecule has 1 aliphatic rings. The molecule has 4 rings (SSSR count). The molecule has 6 nitrogen and oxygen atoms in total. The van der Waals surface area contributed by atoms with Crippen molar-refractivity contribution in [3.05, 3.63) is 65.9 Å². The molecule has 26 heavy (non-hydrogen) atoms. The van der Waals surface area contributed by atoms with E-state index in [1.165, 1.54) is 0 Å². The highest BCUT2D eigenvalue weighted by Crippen LogP contribution is 2.35. The van der Waals surface area contributed by atoms with Gasteiger partial charge in [-0.1, -0.05) is 41.6 Å². The molecular weight excluding hydrogens is 332 g/mol. The van der Waals surface area contributed by atoms with Crippen LogP contribution in [0.25, 0.3) is 11.3 Å². The molecule has 132 valence electrons. The Morgan fingerprint density at radius 3 is 2.62 bits per heavy atom. The second-order valence-electron chi connectivity index (χ2n) is 6.59. The first-order valence-corrected chi connectivity index (χ1v) is 8.28. The second-order valence-corrected chi connectivity index (χ2v) is 6.59. The van der Waals surface area contributed by atoms with Crippen LogP contribution < -0.4 is 14.8 Å². The summed E-state index contributed by atoms with van der Waals surface area (Å²) in [4.78, 5) is 12.6. The van der Waals surface area contributed by atoms with Crippen LogP contribution in [0, 0.1) is 0 Å². The minimum absolute atomic E-state index is 0.165. The topological polar surface area (TPSA) is 73.6 Å². The molecule has 0 radical (unpaired) electrons. The highest BCUT2D eigenvalue weighted by Gasteiger charge is 2.27. The monoisotopic (exact) mass is 350 g/mol. The van der Waals surface area contributed by atoms with E-state index in [2.05, 4.69) is 10.5 Å². The number of aromatic nitrogens is 1. The molecule has 1 N–H and O–H groups in total. The van der Waals surface area contributed by atoms with Gasteiger partial charge in [-0.25, -0.2) is 0 Å². The molecule has 0 spiro atoms. The van der Waals surface area contributed by atoms with Gasteiger partial charge in [0.05, 0.1) is 5.54 Å². The number of carbonyl (C=O) groups is 1. The van der Waals surface area contributed by atoms with Gasteiger partial charge in [-0.3, -0.25) is 4.79 Å². The van der Waals surface area contributed by atoms with Crippen LogP contribution in [-0.4, -0.2) is 17.9 Å². The van der Waals surface area contributed by atoms with E-state index in [9.17, 15) is 4.79 Å². The van der Waals surface area contributed by atoms with Gasteiger partial charge < -0.3 is 19.3 Å². The molecule has 1 aromatic heterocycles. The number of amides is 1. The van der Waals surface area contributed by atoms with Crippen molar-refractivity contribution in [2.45, 2.75) is 19.4 Å². The molecule has 0 fully saturated rings. The van der Waals surface area contributed by atoms with E-state index < -0.39 is 5.54 Å². The van der Waals surface area contributed by atoms with Crippen LogP contribution >= 0.6 is 0 Å². The molecule has 1 aliphatic heterocycles. The van der Waals surface area contributed by atoms with Gasteiger partial charge in [0.15, 0.2) is 11.5 Å². The fourth-order valence-electron chi connectivity index (χ4n) is 2.83. The summed E-state index contributed by atoms with van der Waals surface area (Å²) in [5.74, 6) is 1.22. The Labute approximate surface area is 150 Å². The molecule has 2 aromatic carbocycles. The third-order valence-corrected chi connectivity index (χ3v) is 4.32. The largest absolute Gasteiger partial charge is 0.454 e. The van der Waals surface area contributed by atoms with Crippen LogP contribution in [0.5, 0.6) is 11.5 Å². The van der Waals surface area contributed by atoms with Crippen LogP contribution in [-0.2, 0) is 5.54 Å². The first-order valence-electron chi connectivity index (χ1n) is 8.28. The molecule has 6 heteroatoms. The van der Waals surface area contributed by atoms with Gasteiger partial charge in [0.1, 0.15) is 5.69 Å². The average Bonchev–Trinajstić information content (AvgIpc) is 3.31. The molecule has 3 aromatic rings. The first-order chi connectivity index (χ1) is 12.5. The Kier molecular flexibility index (Phi) is 3.88. The van der Waals surface area contributed by atoms with E-state index in [4.69, 9.17) is 14.0 Å². The number of carbonyl (C=O) groups excluding carboxylic acids is 1. The molecule has 0 unspecified atom stereocenters. The molecule has 0 saturated heterocycles. The highest BCUT2D eigenvalue weighted by molar-refractivity contribution is 5.93. The molecule has 0 saturated carbocycles. The summed E-state index contributed by atoms with van der Waals surface area (Å²) in [6.07, 6.45) is 0. The van der Waals surface area contributed by atoms with Gasteiger partial charge in [-0.05, 0) is 31.5 Å². The lowest BCUT2D eigenvalue weighted by atomic mass is 9.93. The number of fused-ring (bicyclic) bond motifs is 1. The Hall–Kier alpha value is -3.28. The zero-order chi connectivity index (χ0) is 18.1. The van der Waals surface area contributed by atoms with Gasteiger partial charge in [0.25, 0.3) is 5.91 Å². The van der Waals surface area contributed by atoms with E-state index >= 15 is 0 Å². The molecular formula is C20H18N2O4. The van der Waals surface area contributed by atoms with E-state index in [1.807, 2.05) is 62.4 Å². The maximum absolute atomic E-state index is 12.6. The van der Waals surface area contributed by atoms with Gasteiger partial charge in [0, 0.05) is 11.6 Å². The maximum atomic E-state index is 12.6. The van der Waals surface area contributed by atoms with Crippen molar-refractivity contribution < 1.29 is 18.8 Å². The summed E-state index contributed by atoms with van der Waals surface area (Å²) in [6, 6.07) is 16.8. The van der Waals surface area contributed by atoms with Gasteiger partial charge in [-0.15, -0.1) is 0 Å². The van der Waals surface area contributed by atoms with Crippen LogP contribution in [0.15, 0.2) is 59.1 Å². The number of benzene rings is 2. The third-order valence-electron chi connectivity index (χ3n) is 4.32. The average molecular weight is 350 g/mol.